The number of nitrogens with one attached hydrogen (secondary N) is 1. The lowest BCUT2D eigenvalue weighted by Crippen LogP contribution is -2.48. The molecule has 0 spiro atoms. The summed E-state index contributed by atoms with van der Waals surface area (Å²) < 4.78 is 15.8. The number of hydrogen-bond acceptors (Lipinski definition) is 7. The van der Waals surface area contributed by atoms with Gasteiger partial charge in [-0.2, -0.15) is 4.98 Å². The third-order valence-electron chi connectivity index (χ3n) is 4.86. The zero-order valence-corrected chi connectivity index (χ0v) is 15.6. The Labute approximate surface area is 162 Å². The van der Waals surface area contributed by atoms with E-state index in [2.05, 4.69) is 15.5 Å². The molecule has 146 valence electrons. The summed E-state index contributed by atoms with van der Waals surface area (Å²) in [5.74, 6) is 1.75. The molecule has 3 aromatic rings. The predicted octanol–water partition coefficient (Wildman–Crippen LogP) is 2.44. The van der Waals surface area contributed by atoms with Crippen molar-refractivity contribution in [3.8, 4) is 17.1 Å². The van der Waals surface area contributed by atoms with Crippen LogP contribution in [0.25, 0.3) is 11.4 Å². The van der Waals surface area contributed by atoms with Gasteiger partial charge in [0.1, 0.15) is 12.0 Å². The van der Waals surface area contributed by atoms with E-state index in [0.717, 1.165) is 23.4 Å². The van der Waals surface area contributed by atoms with E-state index < -0.39 is 0 Å². The fraction of sp³-hybridized carbons (Fsp3) is 0.350. The van der Waals surface area contributed by atoms with Crippen LogP contribution >= 0.6 is 0 Å². The van der Waals surface area contributed by atoms with Crippen molar-refractivity contribution in [2.24, 2.45) is 0 Å². The molecule has 1 unspecified atom stereocenters. The maximum absolute atomic E-state index is 12.9. The fourth-order valence-corrected chi connectivity index (χ4v) is 3.45. The second-order valence-corrected chi connectivity index (χ2v) is 6.57. The van der Waals surface area contributed by atoms with Gasteiger partial charge < -0.3 is 23.9 Å². The van der Waals surface area contributed by atoms with Gasteiger partial charge in [0.25, 0.3) is 0 Å². The molecule has 0 saturated carbocycles. The Kier molecular flexibility index (Phi) is 5.38. The standard InChI is InChI=1S/C20H22N4O4/c1-26-17-5-3-2-4-15(17)16-12-21-9-10-24(16)19(25)7-6-18-22-20(23-28-18)14-8-11-27-13-14/h2-5,8,11,13,16,21H,6-7,9-10,12H2,1H3. The molecule has 4 rings (SSSR count). The number of carbonyl (C=O) groups excluding carboxylic acids is 1. The van der Waals surface area contributed by atoms with Crippen molar-refractivity contribution in [2.45, 2.75) is 18.9 Å². The van der Waals surface area contributed by atoms with E-state index in [9.17, 15) is 4.79 Å². The Morgan fingerprint density at radius 1 is 1.36 bits per heavy atom. The number of hydrogen-bond donors (Lipinski definition) is 1. The molecular weight excluding hydrogens is 360 g/mol. The Balaban J connectivity index is 1.44. The first-order valence-electron chi connectivity index (χ1n) is 9.24. The van der Waals surface area contributed by atoms with Crippen LogP contribution in [-0.2, 0) is 11.2 Å². The van der Waals surface area contributed by atoms with E-state index in [1.807, 2.05) is 29.2 Å². The number of ether oxygens (including phenoxy) is 1. The van der Waals surface area contributed by atoms with Crippen molar-refractivity contribution in [1.29, 1.82) is 0 Å². The number of amides is 1. The van der Waals surface area contributed by atoms with Crippen molar-refractivity contribution in [1.82, 2.24) is 20.4 Å². The molecule has 8 nitrogen and oxygen atoms in total. The molecule has 1 aliphatic heterocycles. The summed E-state index contributed by atoms with van der Waals surface area (Å²) in [6.07, 6.45) is 3.81. The van der Waals surface area contributed by atoms with Crippen molar-refractivity contribution >= 4 is 5.91 Å². The number of aromatic nitrogens is 2. The molecule has 2 aromatic heterocycles. The van der Waals surface area contributed by atoms with E-state index in [-0.39, 0.29) is 11.9 Å². The van der Waals surface area contributed by atoms with Crippen LogP contribution in [0.5, 0.6) is 5.75 Å². The first-order chi connectivity index (χ1) is 13.8. The predicted molar refractivity (Wildman–Crippen MR) is 101 cm³/mol. The number of benzene rings is 1. The SMILES string of the molecule is COc1ccccc1C1CNCCN1C(=O)CCc1nc(-c2ccoc2)no1. The zero-order valence-electron chi connectivity index (χ0n) is 15.6. The van der Waals surface area contributed by atoms with Gasteiger partial charge >= 0.3 is 0 Å². The molecule has 0 bridgehead atoms. The Bertz CT molecular complexity index is 922. The van der Waals surface area contributed by atoms with Crippen molar-refractivity contribution in [3.63, 3.8) is 0 Å². The van der Waals surface area contributed by atoms with Crippen molar-refractivity contribution < 1.29 is 18.5 Å². The number of rotatable bonds is 6. The van der Waals surface area contributed by atoms with Gasteiger partial charge in [-0.25, -0.2) is 0 Å². The minimum atomic E-state index is -0.0680. The summed E-state index contributed by atoms with van der Waals surface area (Å²) in [6.45, 7) is 2.10. The van der Waals surface area contributed by atoms with E-state index >= 15 is 0 Å². The number of furan rings is 1. The lowest BCUT2D eigenvalue weighted by molar-refractivity contribution is -0.134. The second-order valence-electron chi connectivity index (χ2n) is 6.57. The van der Waals surface area contributed by atoms with Gasteiger partial charge in [0.2, 0.25) is 17.6 Å². The molecule has 1 amide bonds. The maximum Gasteiger partial charge on any atom is 0.227 e. The molecule has 1 fully saturated rings. The monoisotopic (exact) mass is 382 g/mol. The van der Waals surface area contributed by atoms with Gasteiger partial charge in [0, 0.05) is 38.0 Å². The molecule has 1 atom stereocenters. The molecule has 3 heterocycles. The van der Waals surface area contributed by atoms with Gasteiger partial charge in [-0.05, 0) is 12.1 Å². The van der Waals surface area contributed by atoms with Gasteiger partial charge in [-0.15, -0.1) is 0 Å². The largest absolute Gasteiger partial charge is 0.496 e. The minimum absolute atomic E-state index is 0.0560. The average Bonchev–Trinajstić information content (AvgIpc) is 3.44. The van der Waals surface area contributed by atoms with Crippen LogP contribution in [0.1, 0.15) is 23.9 Å². The average molecular weight is 382 g/mol. The summed E-state index contributed by atoms with van der Waals surface area (Å²) in [7, 11) is 1.65. The zero-order chi connectivity index (χ0) is 19.3. The molecule has 1 aromatic carbocycles. The summed E-state index contributed by atoms with van der Waals surface area (Å²) in [4.78, 5) is 19.2. The summed E-state index contributed by atoms with van der Waals surface area (Å²) in [5, 5.41) is 7.30. The highest BCUT2D eigenvalue weighted by Crippen LogP contribution is 2.30. The molecule has 1 N–H and O–H groups in total. The van der Waals surface area contributed by atoms with Crippen LogP contribution in [-0.4, -0.2) is 47.7 Å². The highest BCUT2D eigenvalue weighted by atomic mass is 16.5. The lowest BCUT2D eigenvalue weighted by atomic mass is 10.0. The highest BCUT2D eigenvalue weighted by molar-refractivity contribution is 5.77. The van der Waals surface area contributed by atoms with Crippen LogP contribution < -0.4 is 10.1 Å². The first kappa shape index (κ1) is 18.2. The topological polar surface area (TPSA) is 93.6 Å². The summed E-state index contributed by atoms with van der Waals surface area (Å²) >= 11 is 0. The third-order valence-corrected chi connectivity index (χ3v) is 4.86. The highest BCUT2D eigenvalue weighted by Gasteiger charge is 2.29. The molecule has 0 aliphatic carbocycles. The number of methoxy groups -OCH3 is 1. The van der Waals surface area contributed by atoms with Crippen LogP contribution in [0.15, 0.2) is 51.8 Å². The number of carbonyl (C=O) groups is 1. The summed E-state index contributed by atoms with van der Waals surface area (Å²) in [5.41, 5.74) is 1.75. The van der Waals surface area contributed by atoms with Crippen molar-refractivity contribution in [3.05, 3.63) is 54.3 Å². The molecular formula is C20H22N4O4. The quantitative estimate of drug-likeness (QED) is 0.700. The number of nitrogens with zero attached hydrogens (tertiary/aromatic N) is 3. The number of piperazine rings is 1. The summed E-state index contributed by atoms with van der Waals surface area (Å²) in [6, 6.07) is 9.51. The Morgan fingerprint density at radius 2 is 2.25 bits per heavy atom. The molecule has 1 aliphatic rings. The number of aryl methyl sites for hydroxylation is 1. The molecule has 28 heavy (non-hydrogen) atoms. The molecule has 0 radical (unpaired) electrons. The van der Waals surface area contributed by atoms with E-state index in [0.29, 0.717) is 37.6 Å². The first-order valence-corrected chi connectivity index (χ1v) is 9.24. The van der Waals surface area contributed by atoms with Crippen LogP contribution in [0.3, 0.4) is 0 Å². The smallest absolute Gasteiger partial charge is 0.227 e. The molecule has 8 heteroatoms. The second kappa shape index (κ2) is 8.26. The Hall–Kier alpha value is -3.13. The van der Waals surface area contributed by atoms with Gasteiger partial charge in [0.15, 0.2) is 0 Å². The van der Waals surface area contributed by atoms with Crippen molar-refractivity contribution in [2.75, 3.05) is 26.7 Å². The molecule has 1 saturated heterocycles. The van der Waals surface area contributed by atoms with Crippen LogP contribution in [0, 0.1) is 0 Å². The number of para-hydroxylation sites is 1. The van der Waals surface area contributed by atoms with Gasteiger partial charge in [0.05, 0.1) is 25.0 Å². The normalized spacial score (nSPS) is 16.9. The van der Waals surface area contributed by atoms with Crippen LogP contribution in [0.4, 0.5) is 0 Å². The van der Waals surface area contributed by atoms with Gasteiger partial charge in [-0.3, -0.25) is 4.79 Å². The van der Waals surface area contributed by atoms with E-state index in [4.69, 9.17) is 13.7 Å². The van der Waals surface area contributed by atoms with E-state index in [1.165, 1.54) is 0 Å². The minimum Gasteiger partial charge on any atom is -0.496 e. The van der Waals surface area contributed by atoms with E-state index in [1.54, 1.807) is 25.7 Å². The Morgan fingerprint density at radius 3 is 3.07 bits per heavy atom. The maximum atomic E-state index is 12.9. The van der Waals surface area contributed by atoms with Gasteiger partial charge in [-0.1, -0.05) is 23.4 Å². The fourth-order valence-electron chi connectivity index (χ4n) is 3.45. The third kappa shape index (κ3) is 3.77. The lowest BCUT2D eigenvalue weighted by Gasteiger charge is -2.37. The van der Waals surface area contributed by atoms with Crippen LogP contribution in [0.2, 0.25) is 0 Å².